The molecule has 0 aliphatic carbocycles. The molecule has 0 bridgehead atoms. The number of ether oxygens (including phenoxy) is 1. The zero-order valence-electron chi connectivity index (χ0n) is 16.8. The fourth-order valence-electron chi connectivity index (χ4n) is 2.59. The smallest absolute Gasteiger partial charge is 0.409 e. The van der Waals surface area contributed by atoms with Gasteiger partial charge in [0.05, 0.1) is 5.69 Å². The molecule has 0 unspecified atom stereocenters. The van der Waals surface area contributed by atoms with E-state index in [1.54, 1.807) is 45.0 Å². The molecule has 0 radical (unpaired) electrons. The largest absolute Gasteiger partial charge is 0.444 e. The van der Waals surface area contributed by atoms with Crippen LogP contribution in [0.1, 0.15) is 39.4 Å². The second kappa shape index (κ2) is 9.51. The van der Waals surface area contributed by atoms with Crippen molar-refractivity contribution in [2.75, 3.05) is 0 Å². The van der Waals surface area contributed by atoms with Crippen LogP contribution in [-0.2, 0) is 17.8 Å². The van der Waals surface area contributed by atoms with Crippen LogP contribution in [0, 0.1) is 0 Å². The third-order valence-corrected chi connectivity index (χ3v) is 4.12. The van der Waals surface area contributed by atoms with E-state index in [9.17, 15) is 22.8 Å². The molecule has 2 rings (SSSR count). The Morgan fingerprint density at radius 1 is 1.20 bits per heavy atom. The molecular formula is C20H23ClF3N3O3. The van der Waals surface area contributed by atoms with Gasteiger partial charge in [-0.15, -0.1) is 0 Å². The first-order chi connectivity index (χ1) is 13.8. The summed E-state index contributed by atoms with van der Waals surface area (Å²) in [5, 5.41) is 2.93. The van der Waals surface area contributed by atoms with E-state index in [2.05, 4.69) is 10.3 Å². The Bertz CT molecular complexity index is 936. The molecule has 0 aliphatic rings. The number of nitrogens with one attached hydrogen (secondary N) is 1. The van der Waals surface area contributed by atoms with E-state index in [-0.39, 0.29) is 25.3 Å². The molecule has 0 saturated carbocycles. The van der Waals surface area contributed by atoms with Crippen molar-refractivity contribution >= 4 is 17.7 Å². The molecular weight excluding hydrogens is 423 g/mol. The molecule has 1 amide bonds. The first-order valence-corrected chi connectivity index (χ1v) is 9.62. The molecule has 30 heavy (non-hydrogen) atoms. The van der Waals surface area contributed by atoms with Crippen LogP contribution in [0.25, 0.3) is 11.3 Å². The monoisotopic (exact) mass is 445 g/mol. The summed E-state index contributed by atoms with van der Waals surface area (Å²) in [4.78, 5) is 28.9. The Kier molecular flexibility index (Phi) is 7.52. The topological polar surface area (TPSA) is 73.2 Å². The summed E-state index contributed by atoms with van der Waals surface area (Å²) in [6.45, 7) is 4.78. The van der Waals surface area contributed by atoms with Gasteiger partial charge in [-0.05, 0) is 39.3 Å². The predicted molar refractivity (Wildman–Crippen MR) is 107 cm³/mol. The van der Waals surface area contributed by atoms with Gasteiger partial charge >= 0.3 is 12.3 Å². The lowest BCUT2D eigenvalue weighted by atomic mass is 10.1. The molecule has 1 aromatic carbocycles. The van der Waals surface area contributed by atoms with Gasteiger partial charge in [0.1, 0.15) is 18.1 Å². The second-order valence-electron chi connectivity index (χ2n) is 7.64. The van der Waals surface area contributed by atoms with E-state index < -0.39 is 29.9 Å². The quantitative estimate of drug-likeness (QED) is 0.684. The average molecular weight is 446 g/mol. The fraction of sp³-hybridized carbons (Fsp3) is 0.450. The van der Waals surface area contributed by atoms with Gasteiger partial charge in [0.2, 0.25) is 0 Å². The van der Waals surface area contributed by atoms with Crippen molar-refractivity contribution in [1.82, 2.24) is 14.9 Å². The van der Waals surface area contributed by atoms with Crippen LogP contribution in [0.2, 0.25) is 5.02 Å². The molecule has 0 spiro atoms. The minimum absolute atomic E-state index is 0.0911. The van der Waals surface area contributed by atoms with Crippen LogP contribution >= 0.6 is 11.6 Å². The highest BCUT2D eigenvalue weighted by atomic mass is 35.5. The summed E-state index contributed by atoms with van der Waals surface area (Å²) in [7, 11) is 0. The SMILES string of the molecule is CC(C)(C)OC(=O)NCn1c(CCCC(F)(F)F)nc(-c2ccc(Cl)cc2)cc1=O. The van der Waals surface area contributed by atoms with Crippen LogP contribution < -0.4 is 10.9 Å². The fourth-order valence-corrected chi connectivity index (χ4v) is 2.71. The zero-order chi connectivity index (χ0) is 22.5. The number of rotatable bonds is 6. The summed E-state index contributed by atoms with van der Waals surface area (Å²) in [6, 6.07) is 7.82. The number of carbonyl (C=O) groups excluding carboxylic acids is 1. The summed E-state index contributed by atoms with van der Waals surface area (Å²) >= 11 is 5.87. The Balaban J connectivity index is 2.30. The van der Waals surface area contributed by atoms with Gasteiger partial charge < -0.3 is 10.1 Å². The number of aromatic nitrogens is 2. The number of aryl methyl sites for hydroxylation is 1. The molecule has 0 saturated heterocycles. The van der Waals surface area contributed by atoms with E-state index in [1.807, 2.05) is 0 Å². The maximum atomic E-state index is 12.6. The Labute approximate surface area is 177 Å². The summed E-state index contributed by atoms with van der Waals surface area (Å²) in [5.41, 5.74) is -0.331. The minimum Gasteiger partial charge on any atom is -0.444 e. The van der Waals surface area contributed by atoms with Gasteiger partial charge in [0.25, 0.3) is 5.56 Å². The first-order valence-electron chi connectivity index (χ1n) is 9.24. The number of benzene rings is 1. The summed E-state index contributed by atoms with van der Waals surface area (Å²) < 4.78 is 43.9. The summed E-state index contributed by atoms with van der Waals surface area (Å²) in [5.74, 6) is 0.132. The Hall–Kier alpha value is -2.55. The number of alkyl halides is 3. The van der Waals surface area contributed by atoms with E-state index in [0.29, 0.717) is 16.3 Å². The molecule has 0 atom stereocenters. The van der Waals surface area contributed by atoms with Crippen molar-refractivity contribution < 1.29 is 22.7 Å². The van der Waals surface area contributed by atoms with Crippen molar-refractivity contribution in [3.63, 3.8) is 0 Å². The predicted octanol–water partition coefficient (Wildman–Crippen LogP) is 4.93. The highest BCUT2D eigenvalue weighted by Gasteiger charge is 2.26. The molecule has 10 heteroatoms. The summed E-state index contributed by atoms with van der Waals surface area (Å²) in [6.07, 6.45) is -6.41. The van der Waals surface area contributed by atoms with E-state index in [0.717, 1.165) is 4.57 Å². The average Bonchev–Trinajstić information content (AvgIpc) is 2.58. The van der Waals surface area contributed by atoms with Crippen molar-refractivity contribution in [2.45, 2.75) is 58.5 Å². The number of nitrogens with zero attached hydrogens (tertiary/aromatic N) is 2. The number of halogens is 4. The number of alkyl carbamates (subject to hydrolysis) is 1. The molecule has 1 heterocycles. The molecule has 164 valence electrons. The highest BCUT2D eigenvalue weighted by Crippen LogP contribution is 2.23. The molecule has 2 aromatic rings. The standard InChI is InChI=1S/C20H23ClF3N3O3/c1-19(2,3)30-18(29)25-12-27-16(5-4-10-20(22,23)24)26-15(11-17(27)28)13-6-8-14(21)9-7-13/h6-9,11H,4-5,10,12H2,1-3H3,(H,25,29). The van der Waals surface area contributed by atoms with Crippen molar-refractivity contribution in [3.05, 3.63) is 51.5 Å². The van der Waals surface area contributed by atoms with Gasteiger partial charge in [0, 0.05) is 29.5 Å². The lowest BCUT2D eigenvalue weighted by Crippen LogP contribution is -2.37. The van der Waals surface area contributed by atoms with Crippen LogP contribution in [0.15, 0.2) is 35.1 Å². The normalized spacial score (nSPS) is 12.0. The first kappa shape index (κ1) is 23.7. The van der Waals surface area contributed by atoms with Crippen molar-refractivity contribution in [3.8, 4) is 11.3 Å². The third-order valence-electron chi connectivity index (χ3n) is 3.87. The lowest BCUT2D eigenvalue weighted by molar-refractivity contribution is -0.135. The maximum Gasteiger partial charge on any atom is 0.409 e. The van der Waals surface area contributed by atoms with Crippen molar-refractivity contribution in [2.24, 2.45) is 0 Å². The minimum atomic E-state index is -4.31. The number of carbonyl (C=O) groups is 1. The van der Waals surface area contributed by atoms with E-state index in [1.165, 1.54) is 6.07 Å². The molecule has 0 fully saturated rings. The van der Waals surface area contributed by atoms with Crippen LogP contribution in [-0.4, -0.2) is 27.4 Å². The second-order valence-corrected chi connectivity index (χ2v) is 8.07. The molecule has 1 N–H and O–H groups in total. The third kappa shape index (κ3) is 7.70. The van der Waals surface area contributed by atoms with E-state index in [4.69, 9.17) is 16.3 Å². The Morgan fingerprint density at radius 3 is 2.40 bits per heavy atom. The van der Waals surface area contributed by atoms with Crippen LogP contribution in [0.3, 0.4) is 0 Å². The van der Waals surface area contributed by atoms with Gasteiger partial charge in [0.15, 0.2) is 0 Å². The molecule has 6 nitrogen and oxygen atoms in total. The molecule has 0 aliphatic heterocycles. The highest BCUT2D eigenvalue weighted by molar-refractivity contribution is 6.30. The molecule has 1 aromatic heterocycles. The van der Waals surface area contributed by atoms with Gasteiger partial charge in [-0.1, -0.05) is 23.7 Å². The number of amides is 1. The maximum absolute atomic E-state index is 12.6. The zero-order valence-corrected chi connectivity index (χ0v) is 17.6. The van der Waals surface area contributed by atoms with Crippen LogP contribution in [0.4, 0.5) is 18.0 Å². The van der Waals surface area contributed by atoms with Crippen LogP contribution in [0.5, 0.6) is 0 Å². The lowest BCUT2D eigenvalue weighted by Gasteiger charge is -2.20. The number of hydrogen-bond donors (Lipinski definition) is 1. The Morgan fingerprint density at radius 2 is 1.83 bits per heavy atom. The van der Waals surface area contributed by atoms with E-state index >= 15 is 0 Å². The van der Waals surface area contributed by atoms with Gasteiger partial charge in [-0.2, -0.15) is 13.2 Å². The van der Waals surface area contributed by atoms with Gasteiger partial charge in [-0.25, -0.2) is 9.78 Å². The van der Waals surface area contributed by atoms with Gasteiger partial charge in [-0.3, -0.25) is 9.36 Å². The number of hydrogen-bond acceptors (Lipinski definition) is 4. The van der Waals surface area contributed by atoms with Crippen molar-refractivity contribution in [1.29, 1.82) is 0 Å².